The van der Waals surface area contributed by atoms with Crippen LogP contribution < -0.4 is 10.9 Å². The molecular formula is C29H28F6N4O4S. The number of amides is 1. The van der Waals surface area contributed by atoms with Crippen LogP contribution in [-0.4, -0.2) is 55.9 Å². The predicted octanol–water partition coefficient (Wildman–Crippen LogP) is 5.20. The Bertz CT molecular complexity index is 1520. The van der Waals surface area contributed by atoms with E-state index in [0.717, 1.165) is 36.4 Å². The fourth-order valence-electron chi connectivity index (χ4n) is 4.43. The summed E-state index contributed by atoms with van der Waals surface area (Å²) in [5, 5.41) is 11.3. The SMILES string of the molecule is O=C(CNCc1ccc(C(F)(F)F)cc1)N1CCc2nc(SC3CCC3)n(-c3ccccc3)c(=O)c2C1.O=C(O)C(F)(F)F. The second-order valence-corrected chi connectivity index (χ2v) is 11.4. The first-order valence-electron chi connectivity index (χ1n) is 13.6. The third-order valence-corrected chi connectivity index (χ3v) is 8.31. The number of fused-ring (bicyclic) bond motifs is 1. The van der Waals surface area contributed by atoms with Crippen LogP contribution in [0.2, 0.25) is 0 Å². The number of aromatic nitrogens is 2. The van der Waals surface area contributed by atoms with E-state index in [1.165, 1.54) is 18.6 Å². The number of halogens is 6. The van der Waals surface area contributed by atoms with Crippen LogP contribution in [0.25, 0.3) is 5.69 Å². The number of carbonyl (C=O) groups is 2. The molecule has 1 aliphatic heterocycles. The summed E-state index contributed by atoms with van der Waals surface area (Å²) in [7, 11) is 0. The molecule has 1 fully saturated rings. The van der Waals surface area contributed by atoms with Gasteiger partial charge >= 0.3 is 18.3 Å². The van der Waals surface area contributed by atoms with Crippen LogP contribution in [0.4, 0.5) is 26.3 Å². The van der Waals surface area contributed by atoms with Crippen LogP contribution in [0.15, 0.2) is 64.5 Å². The van der Waals surface area contributed by atoms with Gasteiger partial charge in [0.15, 0.2) is 5.16 Å². The number of carboxylic acids is 1. The van der Waals surface area contributed by atoms with Crippen molar-refractivity contribution in [2.75, 3.05) is 13.1 Å². The Hall–Kier alpha value is -3.85. The number of hydrogen-bond acceptors (Lipinski definition) is 6. The first-order valence-corrected chi connectivity index (χ1v) is 14.4. The van der Waals surface area contributed by atoms with Gasteiger partial charge in [0.1, 0.15) is 0 Å². The maximum Gasteiger partial charge on any atom is 0.490 e. The second kappa shape index (κ2) is 13.8. The Morgan fingerprint density at radius 3 is 2.18 bits per heavy atom. The number of alkyl halides is 6. The summed E-state index contributed by atoms with van der Waals surface area (Å²) in [4.78, 5) is 42.0. The van der Waals surface area contributed by atoms with Gasteiger partial charge in [-0.3, -0.25) is 14.2 Å². The number of rotatable bonds is 7. The fourth-order valence-corrected chi connectivity index (χ4v) is 5.75. The molecule has 0 saturated heterocycles. The van der Waals surface area contributed by atoms with Crippen molar-refractivity contribution in [2.45, 2.75) is 61.5 Å². The van der Waals surface area contributed by atoms with Gasteiger partial charge in [0.25, 0.3) is 5.56 Å². The van der Waals surface area contributed by atoms with Crippen molar-refractivity contribution in [2.24, 2.45) is 0 Å². The zero-order chi connectivity index (χ0) is 32.1. The van der Waals surface area contributed by atoms with E-state index in [1.54, 1.807) is 21.2 Å². The molecule has 3 aromatic rings. The van der Waals surface area contributed by atoms with E-state index in [1.807, 2.05) is 30.3 Å². The predicted molar refractivity (Wildman–Crippen MR) is 149 cm³/mol. The number of para-hydroxylation sites is 1. The van der Waals surface area contributed by atoms with Crippen LogP contribution in [0.1, 0.15) is 41.6 Å². The Morgan fingerprint density at radius 2 is 1.64 bits per heavy atom. The molecule has 1 aliphatic carbocycles. The molecule has 5 rings (SSSR count). The number of benzene rings is 2. The third-order valence-electron chi connectivity index (χ3n) is 7.02. The van der Waals surface area contributed by atoms with Gasteiger partial charge in [-0.15, -0.1) is 0 Å². The number of carbonyl (C=O) groups excluding carboxylic acids is 1. The van der Waals surface area contributed by atoms with Crippen LogP contribution in [0, 0.1) is 0 Å². The lowest BCUT2D eigenvalue weighted by Gasteiger charge is -2.30. The maximum atomic E-state index is 13.7. The molecule has 1 amide bonds. The molecule has 0 bridgehead atoms. The van der Waals surface area contributed by atoms with Crippen molar-refractivity contribution in [3.63, 3.8) is 0 Å². The minimum Gasteiger partial charge on any atom is -0.475 e. The van der Waals surface area contributed by atoms with E-state index in [-0.39, 0.29) is 31.1 Å². The summed E-state index contributed by atoms with van der Waals surface area (Å²) in [6.45, 7) is 0.928. The first-order chi connectivity index (χ1) is 20.7. The summed E-state index contributed by atoms with van der Waals surface area (Å²) in [6.07, 6.45) is -5.52. The summed E-state index contributed by atoms with van der Waals surface area (Å²) in [5.41, 5.74) is 1.84. The minimum atomic E-state index is -5.08. The van der Waals surface area contributed by atoms with Crippen molar-refractivity contribution in [1.29, 1.82) is 0 Å². The molecular weight excluding hydrogens is 614 g/mol. The summed E-state index contributed by atoms with van der Waals surface area (Å²) in [5.74, 6) is -2.93. The van der Waals surface area contributed by atoms with E-state index < -0.39 is 23.9 Å². The highest BCUT2D eigenvalue weighted by Crippen LogP contribution is 2.36. The number of nitrogens with one attached hydrogen (secondary N) is 1. The zero-order valence-corrected chi connectivity index (χ0v) is 23.9. The van der Waals surface area contributed by atoms with E-state index >= 15 is 0 Å². The molecule has 1 aromatic heterocycles. The first kappa shape index (κ1) is 33.1. The lowest BCUT2D eigenvalue weighted by Crippen LogP contribution is -2.44. The molecule has 2 aliphatic rings. The minimum absolute atomic E-state index is 0.0201. The zero-order valence-electron chi connectivity index (χ0n) is 23.1. The largest absolute Gasteiger partial charge is 0.490 e. The van der Waals surface area contributed by atoms with Crippen molar-refractivity contribution in [1.82, 2.24) is 19.8 Å². The number of carboxylic acid groups (broad SMARTS) is 1. The topological polar surface area (TPSA) is 105 Å². The van der Waals surface area contributed by atoms with Gasteiger partial charge in [0, 0.05) is 24.8 Å². The van der Waals surface area contributed by atoms with E-state index in [9.17, 15) is 35.9 Å². The molecule has 1 saturated carbocycles. The molecule has 0 atom stereocenters. The molecule has 15 heteroatoms. The van der Waals surface area contributed by atoms with Crippen LogP contribution in [0.3, 0.4) is 0 Å². The van der Waals surface area contributed by atoms with Gasteiger partial charge in [0.05, 0.1) is 35.6 Å². The molecule has 2 aromatic carbocycles. The average molecular weight is 643 g/mol. The molecule has 0 unspecified atom stereocenters. The maximum absolute atomic E-state index is 13.7. The standard InChI is InChI=1S/C27H27F3N4O2S.C2HF3O2/c28-27(29,30)19-11-9-18(10-12-19)15-31-16-24(35)33-14-13-23-22(17-33)25(36)34(20-5-2-1-3-6-20)26(32-23)37-21-7-4-8-21;3-2(4,5)1(6)7/h1-3,5-6,9-12,21,31H,4,7-8,13-17H2;(H,6,7). The van der Waals surface area contributed by atoms with Crippen molar-refractivity contribution in [3.8, 4) is 5.69 Å². The summed E-state index contributed by atoms with van der Waals surface area (Å²) in [6, 6.07) is 14.3. The molecule has 236 valence electrons. The van der Waals surface area contributed by atoms with E-state index in [0.29, 0.717) is 34.5 Å². The quantitative estimate of drug-likeness (QED) is 0.270. The van der Waals surface area contributed by atoms with Crippen LogP contribution >= 0.6 is 11.8 Å². The fraction of sp³-hybridized carbons (Fsp3) is 0.379. The number of aliphatic carboxylic acids is 1. The lowest BCUT2D eigenvalue weighted by atomic mass is 10.0. The Balaban J connectivity index is 0.000000566. The highest BCUT2D eigenvalue weighted by molar-refractivity contribution is 7.99. The van der Waals surface area contributed by atoms with Crippen molar-refractivity contribution >= 4 is 23.6 Å². The van der Waals surface area contributed by atoms with E-state index in [2.05, 4.69) is 5.32 Å². The van der Waals surface area contributed by atoms with Gasteiger partial charge in [-0.05, 0) is 42.7 Å². The number of thioether (sulfide) groups is 1. The number of hydrogen-bond donors (Lipinski definition) is 2. The summed E-state index contributed by atoms with van der Waals surface area (Å²) >= 11 is 1.66. The molecule has 2 N–H and O–H groups in total. The van der Waals surface area contributed by atoms with Gasteiger partial charge in [-0.25, -0.2) is 9.78 Å². The lowest BCUT2D eigenvalue weighted by molar-refractivity contribution is -0.192. The summed E-state index contributed by atoms with van der Waals surface area (Å²) < 4.78 is 71.6. The Labute approximate surface area is 252 Å². The smallest absolute Gasteiger partial charge is 0.475 e. The van der Waals surface area contributed by atoms with Crippen LogP contribution in [0.5, 0.6) is 0 Å². The van der Waals surface area contributed by atoms with Gasteiger partial charge in [-0.2, -0.15) is 26.3 Å². The van der Waals surface area contributed by atoms with Gasteiger partial charge < -0.3 is 15.3 Å². The second-order valence-electron chi connectivity index (χ2n) is 10.1. The Morgan fingerprint density at radius 1 is 1.00 bits per heavy atom. The van der Waals surface area contributed by atoms with Gasteiger partial charge in [0.2, 0.25) is 5.91 Å². The third kappa shape index (κ3) is 8.40. The van der Waals surface area contributed by atoms with Crippen molar-refractivity contribution in [3.05, 3.63) is 87.3 Å². The molecule has 44 heavy (non-hydrogen) atoms. The average Bonchev–Trinajstić information content (AvgIpc) is 2.95. The number of nitrogens with zero attached hydrogens (tertiary/aromatic N) is 3. The van der Waals surface area contributed by atoms with Crippen molar-refractivity contribution < 1.29 is 41.0 Å². The molecule has 2 heterocycles. The molecule has 0 spiro atoms. The molecule has 8 nitrogen and oxygen atoms in total. The van der Waals surface area contributed by atoms with E-state index in [4.69, 9.17) is 14.9 Å². The van der Waals surface area contributed by atoms with Crippen LogP contribution in [-0.2, 0) is 35.3 Å². The van der Waals surface area contributed by atoms with Gasteiger partial charge in [-0.1, -0.05) is 48.5 Å². The molecule has 0 radical (unpaired) electrons. The highest BCUT2D eigenvalue weighted by Gasteiger charge is 2.38. The highest BCUT2D eigenvalue weighted by atomic mass is 32.2. The Kier molecular flexibility index (Phi) is 10.4. The normalized spacial score (nSPS) is 15.1. The monoisotopic (exact) mass is 642 g/mol.